The number of hydrogen-bond acceptors (Lipinski definition) is 6. The quantitative estimate of drug-likeness (QED) is 0.530. The smallest absolute Gasteiger partial charge is 0.345 e. The molecule has 0 saturated heterocycles. The fourth-order valence-corrected chi connectivity index (χ4v) is 3.62. The third kappa shape index (κ3) is 4.57. The highest BCUT2D eigenvalue weighted by Gasteiger charge is 2.30. The Kier molecular flexibility index (Phi) is 7.77. The highest BCUT2D eigenvalue weighted by atomic mass is 35.5. The Morgan fingerprint density at radius 3 is 2.65 bits per heavy atom. The van der Waals surface area contributed by atoms with E-state index in [1.807, 2.05) is 18.2 Å². The molecule has 0 aliphatic heterocycles. The average molecular weight is 469 g/mol. The molecule has 10 heteroatoms. The molecule has 0 unspecified atom stereocenters. The number of nitrogens with zero attached hydrogens (tertiary/aromatic N) is 3. The van der Waals surface area contributed by atoms with Gasteiger partial charge in [-0.2, -0.15) is 13.5 Å². The van der Waals surface area contributed by atoms with Crippen LogP contribution in [0.3, 0.4) is 0 Å². The van der Waals surface area contributed by atoms with Gasteiger partial charge in [-0.15, -0.1) is 0 Å². The van der Waals surface area contributed by atoms with Crippen LogP contribution in [0.4, 0.5) is 10.2 Å². The molecule has 0 aliphatic rings. The number of halogens is 2. The van der Waals surface area contributed by atoms with E-state index in [1.54, 1.807) is 33.2 Å². The minimum Gasteiger partial charge on any atom is -0.490 e. The second-order valence-corrected chi connectivity index (χ2v) is 7.57. The van der Waals surface area contributed by atoms with E-state index in [4.69, 9.17) is 26.8 Å². The van der Waals surface area contributed by atoms with E-state index in [-0.39, 0.29) is 42.5 Å². The Hall–Kier alpha value is -2.52. The van der Waals surface area contributed by atoms with Crippen LogP contribution in [0.1, 0.15) is 61.1 Å². The zero-order valence-corrected chi connectivity index (χ0v) is 19.7. The summed E-state index contributed by atoms with van der Waals surface area (Å²) in [5.74, 6) is -1.05. The van der Waals surface area contributed by atoms with Crippen molar-refractivity contribution in [2.75, 3.05) is 12.3 Å². The largest absolute Gasteiger partial charge is 0.490 e. The molecule has 3 aromatic rings. The molecule has 0 saturated carbocycles. The standard InChI is InChI=1S/C21H24ClFN4O3.H2S/c1-6-29-21(28)15-16(23)14(22)9-13(18(15)30-10(2)3)11(4)20-26-12(5)17-19(24)25-7-8-27(17)20;/h7-11H,6H2,1-5H3,(H2,24,25);1H2/t11-;/m0./s1. The number of ether oxygens (including phenoxy) is 2. The van der Waals surface area contributed by atoms with Gasteiger partial charge in [-0.3, -0.25) is 4.40 Å². The minimum absolute atomic E-state index is 0. The van der Waals surface area contributed by atoms with Crippen LogP contribution in [0, 0.1) is 12.7 Å². The van der Waals surface area contributed by atoms with Crippen molar-refractivity contribution in [3.63, 3.8) is 0 Å². The normalized spacial score (nSPS) is 12.0. The van der Waals surface area contributed by atoms with Crippen LogP contribution < -0.4 is 10.5 Å². The van der Waals surface area contributed by atoms with Crippen LogP contribution in [-0.2, 0) is 4.74 Å². The van der Waals surface area contributed by atoms with Crippen LogP contribution in [0.25, 0.3) is 5.52 Å². The number of esters is 1. The Bertz CT molecular complexity index is 1120. The van der Waals surface area contributed by atoms with Crippen molar-refractivity contribution < 1.29 is 18.7 Å². The summed E-state index contributed by atoms with van der Waals surface area (Å²) in [6, 6.07) is 1.46. The maximum absolute atomic E-state index is 14.9. The van der Waals surface area contributed by atoms with E-state index in [0.717, 1.165) is 0 Å². The Morgan fingerprint density at radius 2 is 2.03 bits per heavy atom. The third-order valence-electron chi connectivity index (χ3n) is 4.67. The van der Waals surface area contributed by atoms with Crippen molar-refractivity contribution in [3.05, 3.63) is 51.9 Å². The van der Waals surface area contributed by atoms with Gasteiger partial charge in [0.05, 0.1) is 23.4 Å². The molecule has 0 radical (unpaired) electrons. The predicted molar refractivity (Wildman–Crippen MR) is 123 cm³/mol. The molecule has 3 rings (SSSR count). The second kappa shape index (κ2) is 9.74. The first-order valence-corrected chi connectivity index (χ1v) is 9.99. The van der Waals surface area contributed by atoms with Gasteiger partial charge < -0.3 is 15.2 Å². The molecule has 7 nitrogen and oxygen atoms in total. The molecule has 1 atom stereocenters. The number of imidazole rings is 1. The number of rotatable bonds is 6. The van der Waals surface area contributed by atoms with E-state index in [0.29, 0.717) is 28.4 Å². The molecule has 2 aromatic heterocycles. The molecule has 2 N–H and O–H groups in total. The number of aromatic nitrogens is 3. The first-order valence-electron chi connectivity index (χ1n) is 9.62. The molecule has 1 aromatic carbocycles. The number of carbonyl (C=O) groups is 1. The lowest BCUT2D eigenvalue weighted by atomic mass is 9.96. The van der Waals surface area contributed by atoms with Crippen LogP contribution in [-0.4, -0.2) is 33.0 Å². The highest BCUT2D eigenvalue weighted by molar-refractivity contribution is 7.59. The maximum Gasteiger partial charge on any atom is 0.345 e. The van der Waals surface area contributed by atoms with Crippen LogP contribution in [0.5, 0.6) is 5.75 Å². The summed E-state index contributed by atoms with van der Waals surface area (Å²) in [4.78, 5) is 21.3. The zero-order chi connectivity index (χ0) is 22.2. The SMILES string of the molecule is CCOC(=O)c1c(F)c(Cl)cc([C@H](C)c2nc(C)c3c(N)nccn23)c1OC(C)C.S. The third-order valence-corrected chi connectivity index (χ3v) is 4.95. The number of nitrogens with two attached hydrogens (primary N) is 1. The zero-order valence-electron chi connectivity index (χ0n) is 18.0. The van der Waals surface area contributed by atoms with Crippen LogP contribution >= 0.6 is 25.1 Å². The summed E-state index contributed by atoms with van der Waals surface area (Å²) < 4.78 is 27.7. The van der Waals surface area contributed by atoms with E-state index in [1.165, 1.54) is 6.07 Å². The van der Waals surface area contributed by atoms with Crippen molar-refractivity contribution in [3.8, 4) is 5.75 Å². The molecular formula is C21H26ClFN4O3S. The minimum atomic E-state index is -0.876. The summed E-state index contributed by atoms with van der Waals surface area (Å²) in [6.07, 6.45) is 3.01. The summed E-state index contributed by atoms with van der Waals surface area (Å²) in [6.45, 7) is 9.01. The molecule has 2 heterocycles. The van der Waals surface area contributed by atoms with Gasteiger partial charge in [0.1, 0.15) is 28.5 Å². The Balaban J connectivity index is 0.00000341. The summed E-state index contributed by atoms with van der Waals surface area (Å²) in [5, 5.41) is -0.199. The maximum atomic E-state index is 14.9. The average Bonchev–Trinajstić information content (AvgIpc) is 3.02. The van der Waals surface area contributed by atoms with Crippen molar-refractivity contribution in [1.29, 1.82) is 0 Å². The fourth-order valence-electron chi connectivity index (χ4n) is 3.41. The van der Waals surface area contributed by atoms with Crippen molar-refractivity contribution in [1.82, 2.24) is 14.4 Å². The fraction of sp³-hybridized carbons (Fsp3) is 0.381. The molecule has 0 bridgehead atoms. The lowest BCUT2D eigenvalue weighted by Crippen LogP contribution is -2.17. The molecule has 0 aliphatic carbocycles. The Labute approximate surface area is 192 Å². The van der Waals surface area contributed by atoms with Gasteiger partial charge in [-0.1, -0.05) is 18.5 Å². The van der Waals surface area contributed by atoms with Gasteiger partial charge in [0, 0.05) is 23.9 Å². The van der Waals surface area contributed by atoms with Gasteiger partial charge in [0.15, 0.2) is 5.82 Å². The Morgan fingerprint density at radius 1 is 1.35 bits per heavy atom. The van der Waals surface area contributed by atoms with Crippen LogP contribution in [0.2, 0.25) is 5.02 Å². The predicted octanol–water partition coefficient (Wildman–Crippen LogP) is 4.64. The number of anilines is 1. The first-order chi connectivity index (χ1) is 14.2. The van der Waals surface area contributed by atoms with Gasteiger partial charge in [-0.25, -0.2) is 19.2 Å². The molecular weight excluding hydrogens is 443 g/mol. The monoisotopic (exact) mass is 468 g/mol. The lowest BCUT2D eigenvalue weighted by molar-refractivity contribution is 0.0514. The summed E-state index contributed by atoms with van der Waals surface area (Å²) in [5.41, 5.74) is 7.60. The van der Waals surface area contributed by atoms with Crippen molar-refractivity contribution in [2.45, 2.75) is 46.6 Å². The number of fused-ring (bicyclic) bond motifs is 1. The number of aryl methyl sites for hydroxylation is 1. The molecule has 0 spiro atoms. The second-order valence-electron chi connectivity index (χ2n) is 7.16. The van der Waals surface area contributed by atoms with Gasteiger partial charge in [0.2, 0.25) is 0 Å². The number of nitrogen functional groups attached to an aromatic ring is 1. The van der Waals surface area contributed by atoms with Crippen LogP contribution in [0.15, 0.2) is 18.5 Å². The van der Waals surface area contributed by atoms with Gasteiger partial charge in [-0.05, 0) is 33.8 Å². The van der Waals surface area contributed by atoms with E-state index < -0.39 is 17.7 Å². The summed E-state index contributed by atoms with van der Waals surface area (Å²) in [7, 11) is 0. The van der Waals surface area contributed by atoms with E-state index in [9.17, 15) is 9.18 Å². The van der Waals surface area contributed by atoms with Crippen molar-refractivity contribution >= 4 is 42.4 Å². The summed E-state index contributed by atoms with van der Waals surface area (Å²) >= 11 is 6.16. The number of benzene rings is 1. The highest BCUT2D eigenvalue weighted by Crippen LogP contribution is 2.40. The number of hydrogen-bond donors (Lipinski definition) is 1. The van der Waals surface area contributed by atoms with Crippen molar-refractivity contribution in [2.24, 2.45) is 0 Å². The van der Waals surface area contributed by atoms with E-state index >= 15 is 0 Å². The van der Waals surface area contributed by atoms with Gasteiger partial charge >= 0.3 is 5.97 Å². The molecule has 0 amide bonds. The molecule has 0 fully saturated rings. The topological polar surface area (TPSA) is 91.7 Å². The first kappa shape index (κ1) is 24.7. The molecule has 168 valence electrons. The van der Waals surface area contributed by atoms with Gasteiger partial charge in [0.25, 0.3) is 0 Å². The molecule has 31 heavy (non-hydrogen) atoms. The lowest BCUT2D eigenvalue weighted by Gasteiger charge is -2.22. The van der Waals surface area contributed by atoms with E-state index in [2.05, 4.69) is 9.97 Å². The number of carbonyl (C=O) groups excluding carboxylic acids is 1.